The van der Waals surface area contributed by atoms with Gasteiger partial charge < -0.3 is 15.4 Å². The van der Waals surface area contributed by atoms with E-state index in [2.05, 4.69) is 9.80 Å². The molecule has 2 saturated heterocycles. The molecule has 7 nitrogen and oxygen atoms in total. The molecular weight excluding hydrogens is 386 g/mol. The first-order valence-electron chi connectivity index (χ1n) is 10.8. The van der Waals surface area contributed by atoms with E-state index in [0.29, 0.717) is 6.54 Å². The zero-order chi connectivity index (χ0) is 19.8. The summed E-state index contributed by atoms with van der Waals surface area (Å²) in [5.41, 5.74) is 7.10. The van der Waals surface area contributed by atoms with Crippen molar-refractivity contribution < 1.29 is 9.53 Å². The van der Waals surface area contributed by atoms with Gasteiger partial charge in [-0.25, -0.2) is 9.97 Å². The van der Waals surface area contributed by atoms with Crippen molar-refractivity contribution in [3.8, 4) is 0 Å². The highest BCUT2D eigenvalue weighted by atomic mass is 32.1. The van der Waals surface area contributed by atoms with E-state index in [1.807, 2.05) is 11.3 Å². The zero-order valence-corrected chi connectivity index (χ0v) is 17.7. The molecule has 156 valence electrons. The van der Waals surface area contributed by atoms with E-state index in [4.69, 9.17) is 20.4 Å². The van der Waals surface area contributed by atoms with Gasteiger partial charge in [-0.3, -0.25) is 9.69 Å². The third kappa shape index (κ3) is 3.85. The van der Waals surface area contributed by atoms with E-state index in [-0.39, 0.29) is 11.8 Å². The Labute approximate surface area is 175 Å². The number of aryl methyl sites for hydroxylation is 2. The maximum atomic E-state index is 11.9. The number of aromatic nitrogens is 2. The van der Waals surface area contributed by atoms with Crippen LogP contribution in [0.3, 0.4) is 0 Å². The van der Waals surface area contributed by atoms with Crippen molar-refractivity contribution >= 4 is 33.3 Å². The molecule has 0 spiro atoms. The predicted molar refractivity (Wildman–Crippen MR) is 114 cm³/mol. The van der Waals surface area contributed by atoms with Crippen LogP contribution in [0.5, 0.6) is 0 Å². The molecule has 1 amide bonds. The Kier molecular flexibility index (Phi) is 5.41. The van der Waals surface area contributed by atoms with Crippen LogP contribution in [0.25, 0.3) is 10.2 Å². The van der Waals surface area contributed by atoms with Crippen LogP contribution in [-0.2, 0) is 28.9 Å². The summed E-state index contributed by atoms with van der Waals surface area (Å²) >= 11 is 1.85. The van der Waals surface area contributed by atoms with Gasteiger partial charge in [-0.05, 0) is 44.1 Å². The van der Waals surface area contributed by atoms with Crippen LogP contribution < -0.4 is 10.6 Å². The summed E-state index contributed by atoms with van der Waals surface area (Å²) in [5, 5.41) is 1.24. The number of anilines is 1. The van der Waals surface area contributed by atoms with Crippen LogP contribution in [0.15, 0.2) is 0 Å². The van der Waals surface area contributed by atoms with Crippen LogP contribution >= 0.6 is 11.3 Å². The molecule has 0 radical (unpaired) electrons. The first-order chi connectivity index (χ1) is 14.2. The second-order valence-electron chi connectivity index (χ2n) is 8.43. The number of fused-ring (bicyclic) bond motifs is 3. The highest BCUT2D eigenvalue weighted by Gasteiger charge is 2.29. The molecule has 2 aromatic rings. The number of amides is 1. The number of rotatable bonds is 4. The number of thiophene rings is 1. The van der Waals surface area contributed by atoms with Crippen molar-refractivity contribution in [3.05, 3.63) is 16.3 Å². The maximum Gasteiger partial charge on any atom is 0.222 e. The lowest BCUT2D eigenvalue weighted by Gasteiger charge is -2.33. The number of carbonyl (C=O) groups is 1. The normalized spacial score (nSPS) is 23.3. The first-order valence-corrected chi connectivity index (χ1v) is 11.7. The van der Waals surface area contributed by atoms with Gasteiger partial charge in [0.2, 0.25) is 5.91 Å². The molecule has 0 saturated carbocycles. The molecule has 0 aromatic carbocycles. The molecule has 2 fully saturated rings. The highest BCUT2D eigenvalue weighted by molar-refractivity contribution is 7.19. The summed E-state index contributed by atoms with van der Waals surface area (Å²) in [6.07, 6.45) is 6.61. The van der Waals surface area contributed by atoms with Gasteiger partial charge in [0.25, 0.3) is 0 Å². The number of piperidine rings is 1. The molecule has 2 aromatic heterocycles. The fourth-order valence-electron chi connectivity index (χ4n) is 4.84. The Balaban J connectivity index is 1.55. The number of primary amides is 1. The van der Waals surface area contributed by atoms with E-state index >= 15 is 0 Å². The Morgan fingerprint density at radius 1 is 1.14 bits per heavy atom. The third-order valence-electron chi connectivity index (χ3n) is 6.43. The number of hydrogen-bond acceptors (Lipinski definition) is 7. The highest BCUT2D eigenvalue weighted by Crippen LogP contribution is 2.40. The zero-order valence-electron chi connectivity index (χ0n) is 16.9. The monoisotopic (exact) mass is 415 g/mol. The van der Waals surface area contributed by atoms with Crippen molar-refractivity contribution in [1.29, 1.82) is 0 Å². The average molecular weight is 416 g/mol. The van der Waals surface area contributed by atoms with E-state index < -0.39 is 0 Å². The minimum Gasteiger partial charge on any atom is -0.379 e. The van der Waals surface area contributed by atoms with Gasteiger partial charge in [0.05, 0.1) is 31.1 Å². The van der Waals surface area contributed by atoms with Crippen molar-refractivity contribution in [2.45, 2.75) is 45.1 Å². The third-order valence-corrected chi connectivity index (χ3v) is 7.62. The molecule has 8 heteroatoms. The van der Waals surface area contributed by atoms with E-state index in [1.54, 1.807) is 0 Å². The van der Waals surface area contributed by atoms with Gasteiger partial charge >= 0.3 is 0 Å². The van der Waals surface area contributed by atoms with Crippen LogP contribution in [-0.4, -0.2) is 60.2 Å². The first kappa shape index (κ1) is 19.2. The topological polar surface area (TPSA) is 84.6 Å². The molecule has 0 bridgehead atoms. The van der Waals surface area contributed by atoms with Crippen molar-refractivity contribution in [2.24, 2.45) is 11.7 Å². The Hall–Kier alpha value is -1.77. The largest absolute Gasteiger partial charge is 0.379 e. The maximum absolute atomic E-state index is 11.9. The van der Waals surface area contributed by atoms with Crippen LogP contribution in [0, 0.1) is 5.92 Å². The Bertz CT molecular complexity index is 908. The SMILES string of the molecule is NC(=O)[C@@H]1CCCN(c2nc(CN3CCOCC3)nc3sc4c(c23)CCCC4)C1. The molecule has 29 heavy (non-hydrogen) atoms. The van der Waals surface area contributed by atoms with Gasteiger partial charge in [0.15, 0.2) is 0 Å². The molecule has 4 heterocycles. The molecule has 1 atom stereocenters. The molecule has 1 aliphatic carbocycles. The van der Waals surface area contributed by atoms with Crippen LogP contribution in [0.1, 0.15) is 41.9 Å². The van der Waals surface area contributed by atoms with E-state index in [1.165, 1.54) is 28.7 Å². The van der Waals surface area contributed by atoms with Crippen LogP contribution in [0.4, 0.5) is 5.82 Å². The Morgan fingerprint density at radius 3 is 2.79 bits per heavy atom. The lowest BCUT2D eigenvalue weighted by molar-refractivity contribution is -0.122. The van der Waals surface area contributed by atoms with Gasteiger partial charge in [-0.2, -0.15) is 0 Å². The summed E-state index contributed by atoms with van der Waals surface area (Å²) in [6.45, 7) is 5.74. The summed E-state index contributed by atoms with van der Waals surface area (Å²) in [7, 11) is 0. The second kappa shape index (κ2) is 8.16. The number of morpholine rings is 1. The molecular formula is C21H29N5O2S. The molecule has 0 unspecified atom stereocenters. The fourth-order valence-corrected chi connectivity index (χ4v) is 6.12. The summed E-state index contributed by atoms with van der Waals surface area (Å²) in [6, 6.07) is 0. The standard InChI is InChI=1S/C21H29N5O2S/c22-19(27)14-4-3-7-26(12-14)20-18-15-5-1-2-6-16(15)29-21(18)24-17(23-20)13-25-8-10-28-11-9-25/h14H,1-13H2,(H2,22,27)/t14-/m1/s1. The van der Waals surface area contributed by atoms with E-state index in [9.17, 15) is 4.79 Å². The van der Waals surface area contributed by atoms with Gasteiger partial charge in [0, 0.05) is 31.1 Å². The fraction of sp³-hybridized carbons (Fsp3) is 0.667. The van der Waals surface area contributed by atoms with Crippen molar-refractivity contribution in [1.82, 2.24) is 14.9 Å². The van der Waals surface area contributed by atoms with Crippen molar-refractivity contribution in [3.63, 3.8) is 0 Å². The lowest BCUT2D eigenvalue weighted by Crippen LogP contribution is -2.42. The second-order valence-corrected chi connectivity index (χ2v) is 9.51. The summed E-state index contributed by atoms with van der Waals surface area (Å²) in [5.74, 6) is 1.63. The minimum absolute atomic E-state index is 0.0917. The molecule has 2 aliphatic heterocycles. The van der Waals surface area contributed by atoms with Gasteiger partial charge in [-0.1, -0.05) is 0 Å². The number of nitrogens with zero attached hydrogens (tertiary/aromatic N) is 4. The van der Waals surface area contributed by atoms with Gasteiger partial charge in [0.1, 0.15) is 16.5 Å². The number of hydrogen-bond donors (Lipinski definition) is 1. The number of ether oxygens (including phenoxy) is 1. The summed E-state index contributed by atoms with van der Waals surface area (Å²) < 4.78 is 5.48. The summed E-state index contributed by atoms with van der Waals surface area (Å²) in [4.78, 5) is 29.2. The number of carbonyl (C=O) groups excluding carboxylic acids is 1. The number of nitrogens with two attached hydrogens (primary N) is 1. The molecule has 3 aliphatic rings. The van der Waals surface area contributed by atoms with Gasteiger partial charge in [-0.15, -0.1) is 11.3 Å². The quantitative estimate of drug-likeness (QED) is 0.823. The smallest absolute Gasteiger partial charge is 0.222 e. The average Bonchev–Trinajstić information content (AvgIpc) is 3.12. The molecule has 2 N–H and O–H groups in total. The minimum atomic E-state index is -0.194. The van der Waals surface area contributed by atoms with Crippen LogP contribution in [0.2, 0.25) is 0 Å². The lowest BCUT2D eigenvalue weighted by atomic mass is 9.95. The Morgan fingerprint density at radius 2 is 1.97 bits per heavy atom. The van der Waals surface area contributed by atoms with Crippen molar-refractivity contribution in [2.75, 3.05) is 44.3 Å². The molecule has 5 rings (SSSR count). The van der Waals surface area contributed by atoms with E-state index in [0.717, 1.165) is 81.5 Å². The predicted octanol–water partition coefficient (Wildman–Crippen LogP) is 2.10.